The highest BCUT2D eigenvalue weighted by molar-refractivity contribution is 5.91. The zero-order valence-corrected chi connectivity index (χ0v) is 11.7. The van der Waals surface area contributed by atoms with E-state index < -0.39 is 0 Å². The van der Waals surface area contributed by atoms with Crippen molar-refractivity contribution in [3.63, 3.8) is 0 Å². The monoisotopic (exact) mass is 271 g/mol. The van der Waals surface area contributed by atoms with E-state index in [1.807, 2.05) is 25.1 Å². The van der Waals surface area contributed by atoms with Crippen LogP contribution in [0.4, 0.5) is 5.82 Å². The minimum absolute atomic E-state index is 0.0147. The van der Waals surface area contributed by atoms with E-state index >= 15 is 0 Å². The lowest BCUT2D eigenvalue weighted by Gasteiger charge is -2.14. The maximum Gasteiger partial charge on any atom is 0.273 e. The quantitative estimate of drug-likeness (QED) is 0.917. The van der Waals surface area contributed by atoms with Gasteiger partial charge in [-0.25, -0.2) is 0 Å². The molecule has 2 aromatic heterocycles. The van der Waals surface area contributed by atoms with E-state index in [4.69, 9.17) is 0 Å². The molecule has 2 aromatic rings. The molecule has 2 rings (SSSR count). The molecule has 0 spiro atoms. The van der Waals surface area contributed by atoms with E-state index in [0.29, 0.717) is 11.5 Å². The number of anilines is 1. The molecule has 0 bridgehead atoms. The van der Waals surface area contributed by atoms with Gasteiger partial charge in [0, 0.05) is 20.3 Å². The van der Waals surface area contributed by atoms with Crippen LogP contribution >= 0.6 is 0 Å². The standard InChI is InChI=1S/C14H17N5O/c1-10(11-6-4-5-9-15-11)16-13-8-7-12(17-18-13)14(20)19(2)3/h4-10H,1-3H3,(H,16,18). The number of aromatic nitrogens is 3. The molecule has 0 saturated heterocycles. The van der Waals surface area contributed by atoms with Crippen molar-refractivity contribution in [3.05, 3.63) is 47.9 Å². The summed E-state index contributed by atoms with van der Waals surface area (Å²) in [6.45, 7) is 1.99. The molecule has 0 fully saturated rings. The van der Waals surface area contributed by atoms with E-state index in [1.54, 1.807) is 32.4 Å². The Morgan fingerprint density at radius 3 is 2.55 bits per heavy atom. The number of amides is 1. The van der Waals surface area contributed by atoms with Crippen molar-refractivity contribution >= 4 is 11.7 Å². The Morgan fingerprint density at radius 1 is 1.20 bits per heavy atom. The fourth-order valence-electron chi connectivity index (χ4n) is 1.68. The average molecular weight is 271 g/mol. The molecule has 6 nitrogen and oxygen atoms in total. The van der Waals surface area contributed by atoms with Crippen LogP contribution in [0.5, 0.6) is 0 Å². The van der Waals surface area contributed by atoms with Crippen LogP contribution in [0.3, 0.4) is 0 Å². The van der Waals surface area contributed by atoms with Crippen LogP contribution in [-0.2, 0) is 0 Å². The van der Waals surface area contributed by atoms with Gasteiger partial charge in [-0.2, -0.15) is 0 Å². The van der Waals surface area contributed by atoms with Gasteiger partial charge in [-0.05, 0) is 31.2 Å². The number of rotatable bonds is 4. The molecule has 0 radical (unpaired) electrons. The van der Waals surface area contributed by atoms with E-state index in [-0.39, 0.29) is 11.9 Å². The van der Waals surface area contributed by atoms with Crippen molar-refractivity contribution < 1.29 is 4.79 Å². The second kappa shape index (κ2) is 6.10. The number of hydrogen-bond donors (Lipinski definition) is 1. The first-order valence-corrected chi connectivity index (χ1v) is 6.31. The van der Waals surface area contributed by atoms with Crippen LogP contribution in [0.25, 0.3) is 0 Å². The number of carbonyl (C=O) groups excluding carboxylic acids is 1. The first-order chi connectivity index (χ1) is 9.58. The lowest BCUT2D eigenvalue weighted by Crippen LogP contribution is -2.23. The Kier molecular flexibility index (Phi) is 4.24. The fraction of sp³-hybridized carbons (Fsp3) is 0.286. The number of carbonyl (C=O) groups is 1. The SMILES string of the molecule is CC(Nc1ccc(C(=O)N(C)C)nn1)c1ccccn1. The molecule has 1 atom stereocenters. The normalized spacial score (nSPS) is 11.8. The number of hydrogen-bond acceptors (Lipinski definition) is 5. The predicted octanol–water partition coefficient (Wildman–Crippen LogP) is 1.75. The van der Waals surface area contributed by atoms with Crippen molar-refractivity contribution in [1.29, 1.82) is 0 Å². The second-order valence-corrected chi connectivity index (χ2v) is 4.62. The van der Waals surface area contributed by atoms with Crippen molar-refractivity contribution in [2.24, 2.45) is 0 Å². The van der Waals surface area contributed by atoms with Gasteiger partial charge in [-0.1, -0.05) is 6.07 Å². The first-order valence-electron chi connectivity index (χ1n) is 6.31. The highest BCUT2D eigenvalue weighted by Crippen LogP contribution is 2.14. The van der Waals surface area contributed by atoms with Crippen molar-refractivity contribution in [2.75, 3.05) is 19.4 Å². The maximum absolute atomic E-state index is 11.7. The molecule has 0 saturated carbocycles. The highest BCUT2D eigenvalue weighted by Gasteiger charge is 2.11. The van der Waals surface area contributed by atoms with Crippen LogP contribution in [0, 0.1) is 0 Å². The minimum atomic E-state index is -0.165. The molecule has 0 aromatic carbocycles. The van der Waals surface area contributed by atoms with Crippen LogP contribution in [0.1, 0.15) is 29.1 Å². The topological polar surface area (TPSA) is 71.0 Å². The molecule has 104 valence electrons. The predicted molar refractivity (Wildman–Crippen MR) is 76.3 cm³/mol. The summed E-state index contributed by atoms with van der Waals surface area (Å²) in [6, 6.07) is 9.16. The van der Waals surface area contributed by atoms with E-state index in [9.17, 15) is 4.79 Å². The molecule has 2 heterocycles. The van der Waals surface area contributed by atoms with Gasteiger partial charge < -0.3 is 10.2 Å². The van der Waals surface area contributed by atoms with E-state index in [1.165, 1.54) is 4.90 Å². The first kappa shape index (κ1) is 13.9. The molecule has 1 amide bonds. The van der Waals surface area contributed by atoms with Gasteiger partial charge in [0.15, 0.2) is 5.69 Å². The molecule has 6 heteroatoms. The Balaban J connectivity index is 2.06. The third-order valence-corrected chi connectivity index (χ3v) is 2.79. The Labute approximate surface area is 117 Å². The molecule has 0 aliphatic heterocycles. The highest BCUT2D eigenvalue weighted by atomic mass is 16.2. The molecular formula is C14H17N5O. The fourth-order valence-corrected chi connectivity index (χ4v) is 1.68. The van der Waals surface area contributed by atoms with Gasteiger partial charge in [-0.3, -0.25) is 9.78 Å². The summed E-state index contributed by atoms with van der Waals surface area (Å²) in [6.07, 6.45) is 1.75. The summed E-state index contributed by atoms with van der Waals surface area (Å²) >= 11 is 0. The van der Waals surface area contributed by atoms with E-state index in [0.717, 1.165) is 5.69 Å². The maximum atomic E-state index is 11.7. The molecular weight excluding hydrogens is 254 g/mol. The average Bonchev–Trinajstić information content (AvgIpc) is 2.48. The Bertz CT molecular complexity index is 568. The third kappa shape index (κ3) is 3.28. The summed E-state index contributed by atoms with van der Waals surface area (Å²) in [5.41, 5.74) is 1.24. The summed E-state index contributed by atoms with van der Waals surface area (Å²) in [5, 5.41) is 11.1. The molecule has 0 aliphatic rings. The summed E-state index contributed by atoms with van der Waals surface area (Å²) in [4.78, 5) is 17.4. The zero-order chi connectivity index (χ0) is 14.5. The van der Waals surface area contributed by atoms with Gasteiger partial charge in [-0.15, -0.1) is 10.2 Å². The van der Waals surface area contributed by atoms with Crippen molar-refractivity contribution in [3.8, 4) is 0 Å². The molecule has 1 N–H and O–H groups in total. The summed E-state index contributed by atoms with van der Waals surface area (Å²) < 4.78 is 0. The van der Waals surface area contributed by atoms with Crippen molar-refractivity contribution in [2.45, 2.75) is 13.0 Å². The lowest BCUT2D eigenvalue weighted by molar-refractivity contribution is 0.0821. The lowest BCUT2D eigenvalue weighted by atomic mass is 10.2. The smallest absolute Gasteiger partial charge is 0.273 e. The number of pyridine rings is 1. The number of nitrogens with zero attached hydrogens (tertiary/aromatic N) is 4. The minimum Gasteiger partial charge on any atom is -0.360 e. The van der Waals surface area contributed by atoms with Gasteiger partial charge in [0.2, 0.25) is 0 Å². The van der Waals surface area contributed by atoms with Gasteiger partial charge in [0.25, 0.3) is 5.91 Å². The van der Waals surface area contributed by atoms with Crippen molar-refractivity contribution in [1.82, 2.24) is 20.1 Å². The van der Waals surface area contributed by atoms with Crippen LogP contribution in [0.2, 0.25) is 0 Å². The van der Waals surface area contributed by atoms with Gasteiger partial charge in [0.1, 0.15) is 5.82 Å². The van der Waals surface area contributed by atoms with Crippen LogP contribution in [-0.4, -0.2) is 40.1 Å². The largest absolute Gasteiger partial charge is 0.360 e. The molecule has 1 unspecified atom stereocenters. The van der Waals surface area contributed by atoms with Gasteiger partial charge in [0.05, 0.1) is 11.7 Å². The molecule has 20 heavy (non-hydrogen) atoms. The third-order valence-electron chi connectivity index (χ3n) is 2.79. The van der Waals surface area contributed by atoms with Gasteiger partial charge >= 0.3 is 0 Å². The van der Waals surface area contributed by atoms with Crippen LogP contribution in [0.15, 0.2) is 36.5 Å². The molecule has 0 aliphatic carbocycles. The van der Waals surface area contributed by atoms with Crippen LogP contribution < -0.4 is 5.32 Å². The summed E-state index contributed by atoms with van der Waals surface area (Å²) in [5.74, 6) is 0.445. The zero-order valence-electron chi connectivity index (χ0n) is 11.7. The second-order valence-electron chi connectivity index (χ2n) is 4.62. The summed E-state index contributed by atoms with van der Waals surface area (Å²) in [7, 11) is 3.36. The Morgan fingerprint density at radius 2 is 2.00 bits per heavy atom. The van der Waals surface area contributed by atoms with E-state index in [2.05, 4.69) is 20.5 Å². The Hall–Kier alpha value is -2.50. The number of nitrogens with one attached hydrogen (secondary N) is 1.